The predicted molar refractivity (Wildman–Crippen MR) is 95.8 cm³/mol. The van der Waals surface area contributed by atoms with Crippen LogP contribution in [0.2, 0.25) is 0 Å². The number of furan rings is 1. The summed E-state index contributed by atoms with van der Waals surface area (Å²) in [5, 5.41) is 0. The Labute approximate surface area is 154 Å². The van der Waals surface area contributed by atoms with Crippen LogP contribution in [0, 0.1) is 0 Å². The molecule has 0 spiro atoms. The van der Waals surface area contributed by atoms with E-state index in [0.29, 0.717) is 47.9 Å². The molecule has 0 saturated carbocycles. The molecule has 3 rings (SSSR count). The van der Waals surface area contributed by atoms with Crippen LogP contribution in [0.25, 0.3) is 0 Å². The van der Waals surface area contributed by atoms with E-state index in [1.54, 1.807) is 53.3 Å². The fourth-order valence-electron chi connectivity index (χ4n) is 2.82. The third-order valence-electron chi connectivity index (χ3n) is 4.19. The SMILES string of the molecule is COc1ccc(C(=O)N2CCCN(C(=O)c3ccc(Br)o3)CC2)cc1. The van der Waals surface area contributed by atoms with Gasteiger partial charge in [-0.25, -0.2) is 0 Å². The van der Waals surface area contributed by atoms with Crippen molar-refractivity contribution in [2.24, 2.45) is 0 Å². The molecule has 1 aliphatic rings. The fourth-order valence-corrected chi connectivity index (χ4v) is 3.13. The highest BCUT2D eigenvalue weighted by Crippen LogP contribution is 2.18. The van der Waals surface area contributed by atoms with E-state index < -0.39 is 0 Å². The Morgan fingerprint density at radius 1 is 0.960 bits per heavy atom. The quantitative estimate of drug-likeness (QED) is 0.785. The van der Waals surface area contributed by atoms with Gasteiger partial charge in [0.15, 0.2) is 10.4 Å². The van der Waals surface area contributed by atoms with Gasteiger partial charge in [0.25, 0.3) is 11.8 Å². The Balaban J connectivity index is 1.64. The van der Waals surface area contributed by atoms with Gasteiger partial charge in [-0.05, 0) is 58.7 Å². The summed E-state index contributed by atoms with van der Waals surface area (Å²) in [6, 6.07) is 10.4. The van der Waals surface area contributed by atoms with Crippen molar-refractivity contribution in [3.05, 3.63) is 52.4 Å². The van der Waals surface area contributed by atoms with Gasteiger partial charge in [0, 0.05) is 31.7 Å². The molecule has 1 saturated heterocycles. The van der Waals surface area contributed by atoms with Crippen LogP contribution in [0.5, 0.6) is 5.75 Å². The van der Waals surface area contributed by atoms with Gasteiger partial charge in [0.05, 0.1) is 7.11 Å². The molecule has 0 aliphatic carbocycles. The molecule has 0 atom stereocenters. The number of ether oxygens (including phenoxy) is 1. The molecular formula is C18H19BrN2O4. The van der Waals surface area contributed by atoms with Crippen molar-refractivity contribution in [3.63, 3.8) is 0 Å². The average molecular weight is 407 g/mol. The number of amides is 2. The topological polar surface area (TPSA) is 63.0 Å². The smallest absolute Gasteiger partial charge is 0.289 e. The molecule has 1 fully saturated rings. The largest absolute Gasteiger partial charge is 0.497 e. The second-order valence-corrected chi connectivity index (χ2v) is 6.55. The van der Waals surface area contributed by atoms with E-state index in [1.165, 1.54) is 0 Å². The Hall–Kier alpha value is -2.28. The number of halogens is 1. The van der Waals surface area contributed by atoms with Crippen molar-refractivity contribution in [2.45, 2.75) is 6.42 Å². The van der Waals surface area contributed by atoms with E-state index in [2.05, 4.69) is 15.9 Å². The minimum absolute atomic E-state index is 0.0299. The maximum atomic E-state index is 12.7. The minimum Gasteiger partial charge on any atom is -0.497 e. The lowest BCUT2D eigenvalue weighted by Crippen LogP contribution is -2.37. The summed E-state index contributed by atoms with van der Waals surface area (Å²) < 4.78 is 11.0. The lowest BCUT2D eigenvalue weighted by Gasteiger charge is -2.21. The van der Waals surface area contributed by atoms with Gasteiger partial charge in [0.1, 0.15) is 5.75 Å². The molecule has 1 aliphatic heterocycles. The monoisotopic (exact) mass is 406 g/mol. The van der Waals surface area contributed by atoms with E-state index in [9.17, 15) is 9.59 Å². The molecule has 0 N–H and O–H groups in total. The van der Waals surface area contributed by atoms with Crippen LogP contribution in [0.15, 0.2) is 45.5 Å². The van der Waals surface area contributed by atoms with E-state index >= 15 is 0 Å². The molecule has 0 bridgehead atoms. The van der Waals surface area contributed by atoms with Crippen LogP contribution >= 0.6 is 15.9 Å². The first kappa shape index (κ1) is 17.5. The zero-order valence-electron chi connectivity index (χ0n) is 13.9. The van der Waals surface area contributed by atoms with Gasteiger partial charge in [-0.3, -0.25) is 9.59 Å². The van der Waals surface area contributed by atoms with Gasteiger partial charge in [-0.15, -0.1) is 0 Å². The van der Waals surface area contributed by atoms with Crippen LogP contribution < -0.4 is 4.74 Å². The molecule has 0 radical (unpaired) electrons. The van der Waals surface area contributed by atoms with Gasteiger partial charge < -0.3 is 19.0 Å². The van der Waals surface area contributed by atoms with Crippen molar-refractivity contribution >= 4 is 27.7 Å². The first-order valence-corrected chi connectivity index (χ1v) is 8.86. The Kier molecular flexibility index (Phi) is 5.43. The van der Waals surface area contributed by atoms with Gasteiger partial charge in [-0.2, -0.15) is 0 Å². The number of hydrogen-bond donors (Lipinski definition) is 0. The fraction of sp³-hybridized carbons (Fsp3) is 0.333. The van der Waals surface area contributed by atoms with E-state index in [-0.39, 0.29) is 11.8 Å². The highest BCUT2D eigenvalue weighted by atomic mass is 79.9. The molecule has 1 aromatic heterocycles. The summed E-state index contributed by atoms with van der Waals surface area (Å²) in [6.07, 6.45) is 0.732. The van der Waals surface area contributed by atoms with Crippen LogP contribution in [0.4, 0.5) is 0 Å². The van der Waals surface area contributed by atoms with Crippen molar-refractivity contribution in [1.82, 2.24) is 9.80 Å². The number of benzene rings is 1. The molecule has 1 aromatic carbocycles. The molecule has 2 aromatic rings. The maximum Gasteiger partial charge on any atom is 0.289 e. The highest BCUT2D eigenvalue weighted by molar-refractivity contribution is 9.10. The van der Waals surface area contributed by atoms with Crippen LogP contribution in [-0.4, -0.2) is 54.9 Å². The van der Waals surface area contributed by atoms with Crippen LogP contribution in [0.1, 0.15) is 27.3 Å². The minimum atomic E-state index is -0.149. The summed E-state index contributed by atoms with van der Waals surface area (Å²) >= 11 is 3.21. The summed E-state index contributed by atoms with van der Waals surface area (Å²) in [5.74, 6) is 0.845. The predicted octanol–water partition coefficient (Wildman–Crippen LogP) is 3.04. The number of methoxy groups -OCH3 is 1. The van der Waals surface area contributed by atoms with Crippen LogP contribution in [-0.2, 0) is 0 Å². The first-order valence-electron chi connectivity index (χ1n) is 8.06. The Morgan fingerprint density at radius 3 is 2.16 bits per heavy atom. The molecular weight excluding hydrogens is 388 g/mol. The Morgan fingerprint density at radius 2 is 1.60 bits per heavy atom. The number of rotatable bonds is 3. The van der Waals surface area contributed by atoms with Crippen molar-refractivity contribution in [2.75, 3.05) is 33.3 Å². The zero-order chi connectivity index (χ0) is 17.8. The summed E-state index contributed by atoms with van der Waals surface area (Å²) in [7, 11) is 1.59. The standard InChI is InChI=1S/C18H19BrN2O4/c1-24-14-5-3-13(4-6-14)17(22)20-9-2-10-21(12-11-20)18(23)15-7-8-16(19)25-15/h3-8H,2,9-12H2,1H3. The van der Waals surface area contributed by atoms with Gasteiger partial charge in [0.2, 0.25) is 0 Å². The third-order valence-corrected chi connectivity index (χ3v) is 4.62. The summed E-state index contributed by atoms with van der Waals surface area (Å²) in [5.41, 5.74) is 0.621. The molecule has 6 nitrogen and oxygen atoms in total. The number of hydrogen-bond acceptors (Lipinski definition) is 4. The Bertz CT molecular complexity index is 757. The van der Waals surface area contributed by atoms with E-state index in [0.717, 1.165) is 6.42 Å². The molecule has 2 heterocycles. The molecule has 25 heavy (non-hydrogen) atoms. The summed E-state index contributed by atoms with van der Waals surface area (Å²) in [6.45, 7) is 2.21. The normalized spacial score (nSPS) is 15.0. The number of carbonyl (C=O) groups excluding carboxylic acids is 2. The lowest BCUT2D eigenvalue weighted by atomic mass is 10.2. The summed E-state index contributed by atoms with van der Waals surface area (Å²) in [4.78, 5) is 28.6. The number of carbonyl (C=O) groups is 2. The average Bonchev–Trinajstić information content (AvgIpc) is 2.93. The van der Waals surface area contributed by atoms with Crippen LogP contribution in [0.3, 0.4) is 0 Å². The van der Waals surface area contributed by atoms with Crippen molar-refractivity contribution < 1.29 is 18.7 Å². The van der Waals surface area contributed by atoms with Gasteiger partial charge >= 0.3 is 0 Å². The van der Waals surface area contributed by atoms with E-state index in [4.69, 9.17) is 9.15 Å². The van der Waals surface area contributed by atoms with Crippen molar-refractivity contribution in [3.8, 4) is 5.75 Å². The molecule has 2 amide bonds. The second-order valence-electron chi connectivity index (χ2n) is 5.77. The number of nitrogens with zero attached hydrogens (tertiary/aromatic N) is 2. The third kappa shape index (κ3) is 4.04. The first-order chi connectivity index (χ1) is 12.1. The maximum absolute atomic E-state index is 12.7. The van der Waals surface area contributed by atoms with Gasteiger partial charge in [-0.1, -0.05) is 0 Å². The second kappa shape index (κ2) is 7.74. The molecule has 7 heteroatoms. The molecule has 0 unspecified atom stereocenters. The molecule has 132 valence electrons. The van der Waals surface area contributed by atoms with Crippen molar-refractivity contribution in [1.29, 1.82) is 0 Å². The highest BCUT2D eigenvalue weighted by Gasteiger charge is 2.25. The lowest BCUT2D eigenvalue weighted by molar-refractivity contribution is 0.0699. The zero-order valence-corrected chi connectivity index (χ0v) is 15.5. The van der Waals surface area contributed by atoms with E-state index in [1.807, 2.05) is 0 Å².